The standard InChI is InChI=1S/C14H23NO2/c1-5-13(17)11-8-6-7-9-12(11)15(4)14(2,3)10-16/h6-9,13,16-17H,5,10H2,1-4H3/t13-/m0/s1. The summed E-state index contributed by atoms with van der Waals surface area (Å²) < 4.78 is 0. The summed E-state index contributed by atoms with van der Waals surface area (Å²) in [7, 11) is 1.94. The van der Waals surface area contributed by atoms with Gasteiger partial charge < -0.3 is 15.1 Å². The van der Waals surface area contributed by atoms with E-state index >= 15 is 0 Å². The van der Waals surface area contributed by atoms with Gasteiger partial charge in [0.05, 0.1) is 18.2 Å². The summed E-state index contributed by atoms with van der Waals surface area (Å²) in [5, 5.41) is 19.4. The first-order chi connectivity index (χ1) is 7.94. The molecule has 0 aliphatic heterocycles. The van der Waals surface area contributed by atoms with Crippen LogP contribution in [0.25, 0.3) is 0 Å². The molecule has 1 atom stereocenters. The Balaban J connectivity index is 3.13. The summed E-state index contributed by atoms with van der Waals surface area (Å²) in [6.45, 7) is 5.98. The van der Waals surface area contributed by atoms with Gasteiger partial charge in [-0.1, -0.05) is 25.1 Å². The molecule has 0 aromatic heterocycles. The maximum absolute atomic E-state index is 10.0. The highest BCUT2D eigenvalue weighted by Crippen LogP contribution is 2.31. The number of anilines is 1. The molecule has 3 nitrogen and oxygen atoms in total. The Morgan fingerprint density at radius 1 is 1.29 bits per heavy atom. The Kier molecular flexibility index (Phi) is 4.54. The Morgan fingerprint density at radius 2 is 1.88 bits per heavy atom. The lowest BCUT2D eigenvalue weighted by molar-refractivity contribution is 0.172. The first-order valence-corrected chi connectivity index (χ1v) is 6.05. The van der Waals surface area contributed by atoms with Gasteiger partial charge in [-0.2, -0.15) is 0 Å². The van der Waals surface area contributed by atoms with Crippen molar-refractivity contribution in [3.63, 3.8) is 0 Å². The van der Waals surface area contributed by atoms with Crippen molar-refractivity contribution in [3.05, 3.63) is 29.8 Å². The van der Waals surface area contributed by atoms with Crippen molar-refractivity contribution in [1.82, 2.24) is 0 Å². The molecule has 0 unspecified atom stereocenters. The van der Waals surface area contributed by atoms with Crippen LogP contribution in [0.5, 0.6) is 0 Å². The van der Waals surface area contributed by atoms with Crippen molar-refractivity contribution in [3.8, 4) is 0 Å². The minimum absolute atomic E-state index is 0.0695. The SMILES string of the molecule is CC[C@H](O)c1ccccc1N(C)C(C)(C)CO. The van der Waals surface area contributed by atoms with E-state index in [2.05, 4.69) is 0 Å². The molecular weight excluding hydrogens is 214 g/mol. The molecule has 0 spiro atoms. The van der Waals surface area contributed by atoms with E-state index in [9.17, 15) is 10.2 Å². The molecule has 2 N–H and O–H groups in total. The number of para-hydroxylation sites is 1. The summed E-state index contributed by atoms with van der Waals surface area (Å²) in [6, 6.07) is 7.79. The van der Waals surface area contributed by atoms with E-state index < -0.39 is 6.10 Å². The summed E-state index contributed by atoms with van der Waals surface area (Å²) in [5.74, 6) is 0. The second-order valence-electron chi connectivity index (χ2n) is 5.01. The van der Waals surface area contributed by atoms with Gasteiger partial charge in [0, 0.05) is 18.3 Å². The van der Waals surface area contributed by atoms with Gasteiger partial charge in [0.1, 0.15) is 0 Å². The van der Waals surface area contributed by atoms with Crippen LogP contribution in [0.15, 0.2) is 24.3 Å². The molecule has 96 valence electrons. The van der Waals surface area contributed by atoms with E-state index in [1.165, 1.54) is 0 Å². The van der Waals surface area contributed by atoms with Crippen molar-refractivity contribution < 1.29 is 10.2 Å². The molecule has 0 amide bonds. The fourth-order valence-electron chi connectivity index (χ4n) is 1.73. The Labute approximate surface area is 104 Å². The van der Waals surface area contributed by atoms with Gasteiger partial charge in [-0.05, 0) is 26.3 Å². The average Bonchev–Trinajstić information content (AvgIpc) is 2.36. The molecule has 0 aliphatic carbocycles. The summed E-state index contributed by atoms with van der Waals surface area (Å²) >= 11 is 0. The van der Waals surface area contributed by atoms with E-state index in [0.29, 0.717) is 6.42 Å². The van der Waals surface area contributed by atoms with Gasteiger partial charge in [-0.3, -0.25) is 0 Å². The van der Waals surface area contributed by atoms with Crippen molar-refractivity contribution in [2.24, 2.45) is 0 Å². The largest absolute Gasteiger partial charge is 0.394 e. The number of aliphatic hydroxyl groups excluding tert-OH is 2. The number of benzene rings is 1. The Hall–Kier alpha value is -1.06. The van der Waals surface area contributed by atoms with Crippen molar-refractivity contribution >= 4 is 5.69 Å². The molecule has 0 saturated carbocycles. The lowest BCUT2D eigenvalue weighted by Gasteiger charge is -2.37. The van der Waals surface area contributed by atoms with E-state index in [0.717, 1.165) is 11.3 Å². The Bertz CT molecular complexity index is 363. The summed E-state index contributed by atoms with van der Waals surface area (Å²) in [6.07, 6.45) is 0.230. The number of nitrogens with zero attached hydrogens (tertiary/aromatic N) is 1. The normalized spacial score (nSPS) is 13.5. The molecule has 1 rings (SSSR count). The Morgan fingerprint density at radius 3 is 2.41 bits per heavy atom. The number of rotatable bonds is 5. The summed E-state index contributed by atoms with van der Waals surface area (Å²) in [5.41, 5.74) is 1.55. The smallest absolute Gasteiger partial charge is 0.0807 e. The van der Waals surface area contributed by atoms with Crippen LogP contribution in [0.2, 0.25) is 0 Å². The van der Waals surface area contributed by atoms with Crippen LogP contribution in [0.4, 0.5) is 5.69 Å². The zero-order valence-corrected chi connectivity index (χ0v) is 11.1. The van der Waals surface area contributed by atoms with Crippen LogP contribution in [-0.2, 0) is 0 Å². The number of aliphatic hydroxyl groups is 2. The fourth-order valence-corrected chi connectivity index (χ4v) is 1.73. The minimum atomic E-state index is -0.455. The van der Waals surface area contributed by atoms with E-state index in [1.807, 2.05) is 57.0 Å². The molecule has 0 aliphatic rings. The number of hydrogen-bond acceptors (Lipinski definition) is 3. The minimum Gasteiger partial charge on any atom is -0.394 e. The second kappa shape index (κ2) is 5.52. The van der Waals surface area contributed by atoms with Crippen molar-refractivity contribution in [2.45, 2.75) is 38.8 Å². The molecule has 0 radical (unpaired) electrons. The molecule has 1 aromatic rings. The highest BCUT2D eigenvalue weighted by Gasteiger charge is 2.25. The van der Waals surface area contributed by atoms with E-state index in [-0.39, 0.29) is 12.1 Å². The van der Waals surface area contributed by atoms with Crippen LogP contribution in [0, 0.1) is 0 Å². The van der Waals surface area contributed by atoms with Gasteiger partial charge >= 0.3 is 0 Å². The molecule has 17 heavy (non-hydrogen) atoms. The van der Waals surface area contributed by atoms with Crippen molar-refractivity contribution in [2.75, 3.05) is 18.6 Å². The van der Waals surface area contributed by atoms with Crippen LogP contribution in [-0.4, -0.2) is 29.4 Å². The molecule has 0 fully saturated rings. The van der Waals surface area contributed by atoms with Gasteiger partial charge in [-0.25, -0.2) is 0 Å². The third-order valence-electron chi connectivity index (χ3n) is 3.34. The van der Waals surface area contributed by atoms with Crippen LogP contribution in [0.3, 0.4) is 0 Å². The zero-order valence-electron chi connectivity index (χ0n) is 11.1. The average molecular weight is 237 g/mol. The molecule has 1 aromatic carbocycles. The third-order valence-corrected chi connectivity index (χ3v) is 3.34. The summed E-state index contributed by atoms with van der Waals surface area (Å²) in [4.78, 5) is 2.02. The fraction of sp³-hybridized carbons (Fsp3) is 0.571. The van der Waals surface area contributed by atoms with Crippen LogP contribution < -0.4 is 4.90 Å². The predicted molar refractivity (Wildman–Crippen MR) is 71.3 cm³/mol. The monoisotopic (exact) mass is 237 g/mol. The first kappa shape index (κ1) is 14.0. The van der Waals surface area contributed by atoms with Gasteiger partial charge in [0.15, 0.2) is 0 Å². The van der Waals surface area contributed by atoms with Gasteiger partial charge in [-0.15, -0.1) is 0 Å². The van der Waals surface area contributed by atoms with Gasteiger partial charge in [0.25, 0.3) is 0 Å². The van der Waals surface area contributed by atoms with E-state index in [1.54, 1.807) is 0 Å². The van der Waals surface area contributed by atoms with E-state index in [4.69, 9.17) is 0 Å². The lowest BCUT2D eigenvalue weighted by Crippen LogP contribution is -2.44. The molecule has 3 heteroatoms. The zero-order chi connectivity index (χ0) is 13.1. The maximum atomic E-state index is 10.0. The van der Waals surface area contributed by atoms with Crippen LogP contribution in [0.1, 0.15) is 38.9 Å². The third kappa shape index (κ3) is 2.99. The first-order valence-electron chi connectivity index (χ1n) is 6.05. The van der Waals surface area contributed by atoms with Crippen molar-refractivity contribution in [1.29, 1.82) is 0 Å². The molecular formula is C14H23NO2. The highest BCUT2D eigenvalue weighted by molar-refractivity contribution is 5.55. The quantitative estimate of drug-likeness (QED) is 0.826. The highest BCUT2D eigenvalue weighted by atomic mass is 16.3. The molecule has 0 saturated heterocycles. The predicted octanol–water partition coefficient (Wildman–Crippen LogP) is 2.34. The molecule has 0 bridgehead atoms. The molecule has 0 heterocycles. The van der Waals surface area contributed by atoms with Gasteiger partial charge in [0.2, 0.25) is 0 Å². The number of hydrogen-bond donors (Lipinski definition) is 2. The lowest BCUT2D eigenvalue weighted by atomic mass is 9.99. The maximum Gasteiger partial charge on any atom is 0.0807 e. The number of likely N-dealkylation sites (N-methyl/N-ethyl adjacent to an activating group) is 1. The van der Waals surface area contributed by atoms with Crippen LogP contribution >= 0.6 is 0 Å². The second-order valence-corrected chi connectivity index (χ2v) is 5.01. The topological polar surface area (TPSA) is 43.7 Å².